The van der Waals surface area contributed by atoms with Crippen LogP contribution in [0.3, 0.4) is 0 Å². The molecule has 0 radical (unpaired) electrons. The van der Waals surface area contributed by atoms with E-state index in [2.05, 4.69) is 28.9 Å². The minimum absolute atomic E-state index is 0.697. The van der Waals surface area contributed by atoms with E-state index in [1.807, 2.05) is 39.0 Å². The van der Waals surface area contributed by atoms with Crippen molar-refractivity contribution in [3.8, 4) is 5.75 Å². The van der Waals surface area contributed by atoms with Crippen LogP contribution >= 0.6 is 15.9 Å². The van der Waals surface area contributed by atoms with E-state index in [9.17, 15) is 5.11 Å². The summed E-state index contributed by atoms with van der Waals surface area (Å²) >= 11 is 3.56. The lowest BCUT2D eigenvalue weighted by molar-refractivity contribution is 0.213. The summed E-state index contributed by atoms with van der Waals surface area (Å²) in [6.07, 6.45) is -0.697. The van der Waals surface area contributed by atoms with Crippen LogP contribution in [0.25, 0.3) is 0 Å². The first-order chi connectivity index (χ1) is 9.86. The first-order valence-corrected chi connectivity index (χ1v) is 7.75. The minimum atomic E-state index is -0.697. The first-order valence-electron chi connectivity index (χ1n) is 6.95. The topological polar surface area (TPSA) is 29.5 Å². The van der Waals surface area contributed by atoms with E-state index in [4.69, 9.17) is 4.74 Å². The van der Waals surface area contributed by atoms with Crippen molar-refractivity contribution in [1.82, 2.24) is 0 Å². The Morgan fingerprint density at radius 2 is 1.71 bits per heavy atom. The van der Waals surface area contributed by atoms with Gasteiger partial charge in [0.05, 0.1) is 7.11 Å². The van der Waals surface area contributed by atoms with Gasteiger partial charge >= 0.3 is 0 Å². The van der Waals surface area contributed by atoms with Crippen LogP contribution in [0.1, 0.15) is 39.5 Å². The van der Waals surface area contributed by atoms with Gasteiger partial charge in [-0.25, -0.2) is 0 Å². The molecule has 0 saturated heterocycles. The third-order valence-corrected chi connectivity index (χ3v) is 4.73. The molecule has 2 aromatic rings. The van der Waals surface area contributed by atoms with Gasteiger partial charge < -0.3 is 9.84 Å². The summed E-state index contributed by atoms with van der Waals surface area (Å²) in [6, 6.07) is 8.13. The molecule has 3 heteroatoms. The van der Waals surface area contributed by atoms with Crippen LogP contribution in [0.15, 0.2) is 28.7 Å². The SMILES string of the molecule is COc1c(C)cc(Br)c(C)c1C(O)c1ccc(C)cc1C. The van der Waals surface area contributed by atoms with E-state index in [0.29, 0.717) is 0 Å². The third kappa shape index (κ3) is 2.99. The molecule has 0 bridgehead atoms. The molecule has 112 valence electrons. The number of methoxy groups -OCH3 is 1. The van der Waals surface area contributed by atoms with Gasteiger partial charge in [-0.2, -0.15) is 0 Å². The van der Waals surface area contributed by atoms with Crippen molar-refractivity contribution in [2.75, 3.05) is 7.11 Å². The highest BCUT2D eigenvalue weighted by molar-refractivity contribution is 9.10. The molecule has 1 atom stereocenters. The summed E-state index contributed by atoms with van der Waals surface area (Å²) in [6.45, 7) is 8.06. The normalized spacial score (nSPS) is 12.3. The zero-order valence-electron chi connectivity index (χ0n) is 13.1. The van der Waals surface area contributed by atoms with Crippen LogP contribution in [0, 0.1) is 27.7 Å². The molecule has 21 heavy (non-hydrogen) atoms. The number of halogens is 1. The zero-order valence-corrected chi connectivity index (χ0v) is 14.7. The Hall–Kier alpha value is -1.32. The van der Waals surface area contributed by atoms with Gasteiger partial charge in [-0.15, -0.1) is 0 Å². The number of hydrogen-bond donors (Lipinski definition) is 1. The summed E-state index contributed by atoms with van der Waals surface area (Å²) in [5.74, 6) is 0.753. The van der Waals surface area contributed by atoms with E-state index in [1.165, 1.54) is 5.56 Å². The summed E-state index contributed by atoms with van der Waals surface area (Å²) in [4.78, 5) is 0. The average Bonchev–Trinajstić information content (AvgIpc) is 2.41. The Balaban J connectivity index is 2.65. The minimum Gasteiger partial charge on any atom is -0.496 e. The molecule has 0 spiro atoms. The highest BCUT2D eigenvalue weighted by Gasteiger charge is 2.22. The standard InChI is InChI=1S/C18H21BrO2/c1-10-6-7-14(11(2)8-10)17(20)16-13(4)15(19)9-12(3)18(16)21-5/h6-9,17,20H,1-5H3. The molecule has 0 saturated carbocycles. The van der Waals surface area contributed by atoms with Crippen LogP contribution < -0.4 is 4.74 Å². The van der Waals surface area contributed by atoms with Crippen LogP contribution in [-0.4, -0.2) is 12.2 Å². The van der Waals surface area contributed by atoms with Crippen molar-refractivity contribution in [3.05, 3.63) is 62.1 Å². The third-order valence-electron chi connectivity index (χ3n) is 3.91. The van der Waals surface area contributed by atoms with E-state index < -0.39 is 6.10 Å². The second kappa shape index (κ2) is 6.20. The molecule has 2 aromatic carbocycles. The fourth-order valence-electron chi connectivity index (χ4n) is 2.76. The lowest BCUT2D eigenvalue weighted by Gasteiger charge is -2.22. The molecule has 0 amide bonds. The van der Waals surface area contributed by atoms with Gasteiger partial charge in [0.15, 0.2) is 0 Å². The van der Waals surface area contributed by atoms with Crippen LogP contribution in [0.2, 0.25) is 0 Å². The Morgan fingerprint density at radius 1 is 1.05 bits per heavy atom. The number of benzene rings is 2. The maximum absolute atomic E-state index is 10.9. The number of aryl methyl sites for hydroxylation is 3. The average molecular weight is 349 g/mol. The Morgan fingerprint density at radius 3 is 2.29 bits per heavy atom. The smallest absolute Gasteiger partial charge is 0.128 e. The molecule has 0 aliphatic rings. The Bertz CT molecular complexity index is 677. The summed E-state index contributed by atoms with van der Waals surface area (Å²) < 4.78 is 6.52. The predicted molar refractivity (Wildman–Crippen MR) is 90.1 cm³/mol. The highest BCUT2D eigenvalue weighted by atomic mass is 79.9. The maximum Gasteiger partial charge on any atom is 0.128 e. The fourth-order valence-corrected chi connectivity index (χ4v) is 3.32. The van der Waals surface area contributed by atoms with Crippen molar-refractivity contribution in [2.45, 2.75) is 33.8 Å². The molecule has 2 rings (SSSR count). The lowest BCUT2D eigenvalue weighted by Crippen LogP contribution is -2.08. The lowest BCUT2D eigenvalue weighted by atomic mass is 9.91. The molecule has 0 aliphatic heterocycles. The molecule has 1 N–H and O–H groups in total. The van der Waals surface area contributed by atoms with Crippen molar-refractivity contribution in [1.29, 1.82) is 0 Å². The summed E-state index contributed by atoms with van der Waals surface area (Å²) in [5, 5.41) is 10.9. The molecular formula is C18H21BrO2. The molecule has 0 heterocycles. The van der Waals surface area contributed by atoms with Gasteiger partial charge in [0.25, 0.3) is 0 Å². The quantitative estimate of drug-likeness (QED) is 0.865. The monoisotopic (exact) mass is 348 g/mol. The molecular weight excluding hydrogens is 328 g/mol. The van der Waals surface area contributed by atoms with Crippen molar-refractivity contribution < 1.29 is 9.84 Å². The first kappa shape index (κ1) is 16.1. The predicted octanol–water partition coefficient (Wildman–Crippen LogP) is 4.77. The van der Waals surface area contributed by atoms with E-state index in [0.717, 1.165) is 38.0 Å². The van der Waals surface area contributed by atoms with Crippen molar-refractivity contribution >= 4 is 15.9 Å². The van der Waals surface area contributed by atoms with Gasteiger partial charge in [0.2, 0.25) is 0 Å². The molecule has 0 fully saturated rings. The molecule has 0 aromatic heterocycles. The Labute approximate surface area is 134 Å². The number of rotatable bonds is 3. The molecule has 1 unspecified atom stereocenters. The van der Waals surface area contributed by atoms with Crippen molar-refractivity contribution in [2.24, 2.45) is 0 Å². The van der Waals surface area contributed by atoms with Gasteiger partial charge in [-0.1, -0.05) is 39.7 Å². The number of aliphatic hydroxyl groups excluding tert-OH is 1. The Kier molecular flexibility index (Phi) is 4.74. The number of ether oxygens (including phenoxy) is 1. The fraction of sp³-hybridized carbons (Fsp3) is 0.333. The van der Waals surface area contributed by atoms with Crippen molar-refractivity contribution in [3.63, 3.8) is 0 Å². The van der Waals surface area contributed by atoms with Crippen LogP contribution in [-0.2, 0) is 0 Å². The van der Waals surface area contributed by atoms with E-state index in [1.54, 1.807) is 7.11 Å². The van der Waals surface area contributed by atoms with Crippen LogP contribution in [0.4, 0.5) is 0 Å². The highest BCUT2D eigenvalue weighted by Crippen LogP contribution is 2.39. The van der Waals surface area contributed by atoms with Gasteiger partial charge in [0, 0.05) is 10.0 Å². The van der Waals surface area contributed by atoms with Crippen LogP contribution in [0.5, 0.6) is 5.75 Å². The molecule has 0 aliphatic carbocycles. The second-order valence-corrected chi connectivity index (χ2v) is 6.36. The molecule has 2 nitrogen and oxygen atoms in total. The van der Waals surface area contributed by atoms with Gasteiger partial charge in [-0.3, -0.25) is 0 Å². The number of aliphatic hydroxyl groups is 1. The van der Waals surface area contributed by atoms with E-state index in [-0.39, 0.29) is 0 Å². The largest absolute Gasteiger partial charge is 0.496 e. The summed E-state index contributed by atoms with van der Waals surface area (Å²) in [7, 11) is 1.65. The second-order valence-electron chi connectivity index (χ2n) is 5.51. The number of hydrogen-bond acceptors (Lipinski definition) is 2. The maximum atomic E-state index is 10.9. The van der Waals surface area contributed by atoms with Gasteiger partial charge in [-0.05, 0) is 56.0 Å². The zero-order chi connectivity index (χ0) is 15.7. The summed E-state index contributed by atoms with van der Waals surface area (Å²) in [5.41, 5.74) is 6.04. The van der Waals surface area contributed by atoms with E-state index >= 15 is 0 Å². The van der Waals surface area contributed by atoms with Gasteiger partial charge in [0.1, 0.15) is 11.9 Å².